The number of amides is 4. The van der Waals surface area contributed by atoms with E-state index in [1.165, 1.54) is 16.7 Å². The number of thioether (sulfide) groups is 1. The van der Waals surface area contributed by atoms with Crippen LogP contribution in [0.4, 0.5) is 0 Å². The smallest absolute Gasteiger partial charge is 0.230 e. The maximum absolute atomic E-state index is 11.6. The van der Waals surface area contributed by atoms with Crippen LogP contribution in [0.15, 0.2) is 0 Å². The first-order chi connectivity index (χ1) is 10.9. The number of rotatable bonds is 10. The fourth-order valence-corrected chi connectivity index (χ4v) is 2.63. The van der Waals surface area contributed by atoms with Crippen LogP contribution in [0, 0.1) is 5.92 Å². The average molecular weight is 343 g/mol. The van der Waals surface area contributed by atoms with Crippen LogP contribution in [0.1, 0.15) is 33.1 Å². The zero-order chi connectivity index (χ0) is 17.2. The van der Waals surface area contributed by atoms with Crippen LogP contribution in [-0.2, 0) is 19.2 Å². The maximum atomic E-state index is 11.6. The molecule has 0 aliphatic carbocycles. The van der Waals surface area contributed by atoms with Gasteiger partial charge in [-0.1, -0.05) is 20.3 Å². The van der Waals surface area contributed by atoms with Crippen molar-refractivity contribution in [2.45, 2.75) is 33.1 Å². The molecule has 4 amide bonds. The normalized spacial score (nSPS) is 15.7. The minimum absolute atomic E-state index is 0.0728. The number of carbonyl (C=O) groups is 4. The van der Waals surface area contributed by atoms with E-state index in [1.807, 2.05) is 0 Å². The van der Waals surface area contributed by atoms with E-state index in [2.05, 4.69) is 24.5 Å². The minimum atomic E-state index is -0.205. The molecule has 0 radical (unpaired) electrons. The summed E-state index contributed by atoms with van der Waals surface area (Å²) < 4.78 is 0. The van der Waals surface area contributed by atoms with Gasteiger partial charge in [0.05, 0.1) is 11.5 Å². The van der Waals surface area contributed by atoms with Crippen molar-refractivity contribution < 1.29 is 19.2 Å². The summed E-state index contributed by atoms with van der Waals surface area (Å²) >= 11 is 1.24. The van der Waals surface area contributed by atoms with Crippen molar-refractivity contribution in [2.75, 3.05) is 31.1 Å². The largest absolute Gasteiger partial charge is 0.355 e. The number of likely N-dealkylation sites (tertiary alicyclic amines) is 1. The molecule has 1 saturated heterocycles. The molecule has 0 spiro atoms. The summed E-state index contributed by atoms with van der Waals surface area (Å²) in [5.41, 5.74) is 0. The van der Waals surface area contributed by atoms with Gasteiger partial charge in [-0.25, -0.2) is 0 Å². The third kappa shape index (κ3) is 7.49. The first-order valence-electron chi connectivity index (χ1n) is 7.88. The molecule has 130 valence electrons. The van der Waals surface area contributed by atoms with E-state index in [0.717, 1.165) is 6.42 Å². The Morgan fingerprint density at radius 1 is 1.13 bits per heavy atom. The lowest BCUT2D eigenvalue weighted by Gasteiger charge is -2.14. The number of hydrogen-bond donors (Lipinski definition) is 2. The van der Waals surface area contributed by atoms with Gasteiger partial charge in [-0.15, -0.1) is 11.8 Å². The molecule has 0 bridgehead atoms. The van der Waals surface area contributed by atoms with Crippen molar-refractivity contribution >= 4 is 35.4 Å². The summed E-state index contributed by atoms with van der Waals surface area (Å²) in [6.45, 7) is 5.25. The molecule has 1 fully saturated rings. The van der Waals surface area contributed by atoms with Gasteiger partial charge in [-0.2, -0.15) is 0 Å². The standard InChI is InChI=1S/C15H25N3O4S/c1-3-11(2)8-17-13(20)10-23-9-12(19)16-6-7-18-14(21)4-5-15(18)22/h11H,3-10H2,1-2H3,(H,16,19)(H,17,20). The second-order valence-corrected chi connectivity index (χ2v) is 6.58. The van der Waals surface area contributed by atoms with Gasteiger partial charge in [-0.05, 0) is 5.92 Å². The Hall–Kier alpha value is -1.57. The number of hydrogen-bond acceptors (Lipinski definition) is 5. The second-order valence-electron chi connectivity index (χ2n) is 5.60. The van der Waals surface area contributed by atoms with E-state index in [4.69, 9.17) is 0 Å². The molecule has 0 aromatic rings. The lowest BCUT2D eigenvalue weighted by molar-refractivity contribution is -0.138. The van der Waals surface area contributed by atoms with Gasteiger partial charge >= 0.3 is 0 Å². The predicted octanol–water partition coefficient (Wildman–Crippen LogP) is 0.147. The Morgan fingerprint density at radius 3 is 2.26 bits per heavy atom. The molecule has 8 heteroatoms. The predicted molar refractivity (Wildman–Crippen MR) is 88.8 cm³/mol. The molecule has 1 aliphatic heterocycles. The fourth-order valence-electron chi connectivity index (χ4n) is 1.95. The monoisotopic (exact) mass is 343 g/mol. The number of carbonyl (C=O) groups excluding carboxylic acids is 4. The molecule has 1 rings (SSSR count). The summed E-state index contributed by atoms with van der Waals surface area (Å²) in [5.74, 6) is 0.225. The Kier molecular flexibility index (Phi) is 8.68. The SMILES string of the molecule is CCC(C)CNC(=O)CSCC(=O)NCCN1C(=O)CCC1=O. The first kappa shape index (κ1) is 19.5. The van der Waals surface area contributed by atoms with E-state index in [-0.39, 0.29) is 61.1 Å². The molecule has 1 atom stereocenters. The second kappa shape index (κ2) is 10.3. The van der Waals surface area contributed by atoms with Crippen LogP contribution in [0.25, 0.3) is 0 Å². The van der Waals surface area contributed by atoms with Crippen molar-refractivity contribution in [3.8, 4) is 0 Å². The highest BCUT2D eigenvalue weighted by atomic mass is 32.2. The molecular formula is C15H25N3O4S. The van der Waals surface area contributed by atoms with Gasteiger partial charge in [0, 0.05) is 32.5 Å². The molecular weight excluding hydrogens is 318 g/mol. The van der Waals surface area contributed by atoms with Gasteiger partial charge in [0.2, 0.25) is 23.6 Å². The molecule has 0 saturated carbocycles. The zero-order valence-corrected chi connectivity index (χ0v) is 14.5. The quantitative estimate of drug-likeness (QED) is 0.551. The molecule has 1 aliphatic rings. The van der Waals surface area contributed by atoms with E-state index in [1.54, 1.807) is 0 Å². The fraction of sp³-hybridized carbons (Fsp3) is 0.733. The van der Waals surface area contributed by atoms with E-state index >= 15 is 0 Å². The van der Waals surface area contributed by atoms with Crippen molar-refractivity contribution in [1.29, 1.82) is 0 Å². The Balaban J connectivity index is 2.07. The Morgan fingerprint density at radius 2 is 1.70 bits per heavy atom. The highest BCUT2D eigenvalue weighted by molar-refractivity contribution is 8.00. The summed E-state index contributed by atoms with van der Waals surface area (Å²) in [6, 6.07) is 0. The van der Waals surface area contributed by atoms with E-state index in [9.17, 15) is 19.2 Å². The molecule has 0 aromatic heterocycles. The van der Waals surface area contributed by atoms with E-state index < -0.39 is 0 Å². The molecule has 1 heterocycles. The summed E-state index contributed by atoms with van der Waals surface area (Å²) in [5, 5.41) is 5.47. The van der Waals surface area contributed by atoms with Crippen molar-refractivity contribution in [2.24, 2.45) is 5.92 Å². The minimum Gasteiger partial charge on any atom is -0.355 e. The first-order valence-corrected chi connectivity index (χ1v) is 9.03. The third-order valence-electron chi connectivity index (χ3n) is 3.62. The lowest BCUT2D eigenvalue weighted by atomic mass is 10.1. The van der Waals surface area contributed by atoms with Gasteiger partial charge in [-0.3, -0.25) is 24.1 Å². The van der Waals surface area contributed by atoms with Crippen LogP contribution in [0.5, 0.6) is 0 Å². The summed E-state index contributed by atoms with van der Waals surface area (Å²) in [4.78, 5) is 47.1. The van der Waals surface area contributed by atoms with Crippen LogP contribution in [-0.4, -0.2) is 59.7 Å². The third-order valence-corrected chi connectivity index (χ3v) is 4.56. The zero-order valence-electron chi connectivity index (χ0n) is 13.7. The highest BCUT2D eigenvalue weighted by Crippen LogP contribution is 2.10. The average Bonchev–Trinajstić information content (AvgIpc) is 2.84. The molecule has 1 unspecified atom stereocenters. The van der Waals surface area contributed by atoms with Crippen molar-refractivity contribution in [3.05, 3.63) is 0 Å². The topological polar surface area (TPSA) is 95.6 Å². The molecule has 2 N–H and O–H groups in total. The van der Waals surface area contributed by atoms with Crippen molar-refractivity contribution in [1.82, 2.24) is 15.5 Å². The molecule has 7 nitrogen and oxygen atoms in total. The van der Waals surface area contributed by atoms with Crippen LogP contribution in [0.2, 0.25) is 0 Å². The molecule has 0 aromatic carbocycles. The Labute approximate surface area is 140 Å². The lowest BCUT2D eigenvalue weighted by Crippen LogP contribution is -2.38. The van der Waals surface area contributed by atoms with Crippen LogP contribution >= 0.6 is 11.8 Å². The number of imide groups is 1. The molecule has 23 heavy (non-hydrogen) atoms. The Bertz CT molecular complexity index is 440. The number of nitrogens with one attached hydrogen (secondary N) is 2. The van der Waals surface area contributed by atoms with Gasteiger partial charge in [0.25, 0.3) is 0 Å². The van der Waals surface area contributed by atoms with Gasteiger partial charge in [0.1, 0.15) is 0 Å². The van der Waals surface area contributed by atoms with Crippen molar-refractivity contribution in [3.63, 3.8) is 0 Å². The van der Waals surface area contributed by atoms with Gasteiger partial charge < -0.3 is 10.6 Å². The maximum Gasteiger partial charge on any atom is 0.230 e. The summed E-state index contributed by atoms with van der Waals surface area (Å²) in [6.07, 6.45) is 1.53. The summed E-state index contributed by atoms with van der Waals surface area (Å²) in [7, 11) is 0. The number of nitrogens with zero attached hydrogens (tertiary/aromatic N) is 1. The van der Waals surface area contributed by atoms with E-state index in [0.29, 0.717) is 12.5 Å². The van der Waals surface area contributed by atoms with Crippen LogP contribution in [0.3, 0.4) is 0 Å². The van der Waals surface area contributed by atoms with Crippen LogP contribution < -0.4 is 10.6 Å². The highest BCUT2D eigenvalue weighted by Gasteiger charge is 2.28. The van der Waals surface area contributed by atoms with Gasteiger partial charge in [0.15, 0.2) is 0 Å².